The molecule has 2 rings (SSSR count). The number of hydrogen-bond donors (Lipinski definition) is 3. The molecule has 0 aromatic carbocycles. The topological polar surface area (TPSA) is 92.5 Å². The van der Waals surface area contributed by atoms with E-state index in [-0.39, 0.29) is 0 Å². The van der Waals surface area contributed by atoms with E-state index in [1.54, 1.807) is 18.5 Å². The lowest BCUT2D eigenvalue weighted by Gasteiger charge is -2.03. The largest absolute Gasteiger partial charge is 0.337 e. The number of nitrogens with zero attached hydrogens (tertiary/aromatic N) is 3. The van der Waals surface area contributed by atoms with Crippen LogP contribution >= 0.6 is 0 Å². The monoisotopic (exact) mass is 190 g/mol. The third-order valence-electron chi connectivity index (χ3n) is 1.77. The number of rotatable bonds is 3. The predicted octanol–water partition coefficient (Wildman–Crippen LogP) is 0.402. The number of nitrogens with two attached hydrogens (primary N) is 1. The SMILES string of the molecule is NCc1[nH]ncc1Nc1ccncn1. The van der Waals surface area contributed by atoms with E-state index in [1.807, 2.05) is 0 Å². The normalized spacial score (nSPS) is 10.1. The predicted molar refractivity (Wildman–Crippen MR) is 51.8 cm³/mol. The van der Waals surface area contributed by atoms with Crippen molar-refractivity contribution in [2.45, 2.75) is 6.54 Å². The fourth-order valence-electron chi connectivity index (χ4n) is 1.08. The molecule has 0 atom stereocenters. The molecule has 0 radical (unpaired) electrons. The molecule has 6 heteroatoms. The second-order valence-corrected chi connectivity index (χ2v) is 2.69. The van der Waals surface area contributed by atoms with Crippen LogP contribution < -0.4 is 11.1 Å². The standard InChI is InChI=1S/C8H10N6/c9-3-6-7(4-12-14-6)13-8-1-2-10-5-11-8/h1-2,4-5H,3,9H2,(H,12,14)(H,10,11,13). The van der Waals surface area contributed by atoms with Crippen LogP contribution in [0.5, 0.6) is 0 Å². The van der Waals surface area contributed by atoms with Crippen LogP contribution in [0.25, 0.3) is 0 Å². The van der Waals surface area contributed by atoms with E-state index in [0.717, 1.165) is 17.2 Å². The highest BCUT2D eigenvalue weighted by atomic mass is 15.2. The van der Waals surface area contributed by atoms with Crippen molar-refractivity contribution in [2.24, 2.45) is 5.73 Å². The van der Waals surface area contributed by atoms with Gasteiger partial charge in [0.1, 0.15) is 12.1 Å². The van der Waals surface area contributed by atoms with Crippen molar-refractivity contribution in [1.82, 2.24) is 20.2 Å². The Morgan fingerprint density at radius 3 is 3.14 bits per heavy atom. The zero-order valence-corrected chi connectivity index (χ0v) is 7.44. The van der Waals surface area contributed by atoms with Gasteiger partial charge in [0, 0.05) is 12.7 Å². The first kappa shape index (κ1) is 8.64. The quantitative estimate of drug-likeness (QED) is 0.651. The van der Waals surface area contributed by atoms with Crippen LogP contribution in [0.2, 0.25) is 0 Å². The van der Waals surface area contributed by atoms with Gasteiger partial charge in [-0.05, 0) is 6.07 Å². The minimum Gasteiger partial charge on any atom is -0.337 e. The van der Waals surface area contributed by atoms with Gasteiger partial charge in [-0.3, -0.25) is 5.10 Å². The average Bonchev–Trinajstić information content (AvgIpc) is 2.67. The van der Waals surface area contributed by atoms with Crippen LogP contribution in [0.15, 0.2) is 24.8 Å². The summed E-state index contributed by atoms with van der Waals surface area (Å²) in [7, 11) is 0. The van der Waals surface area contributed by atoms with E-state index < -0.39 is 0 Å². The summed E-state index contributed by atoms with van der Waals surface area (Å²) >= 11 is 0. The molecule has 0 saturated heterocycles. The molecule has 0 fully saturated rings. The Kier molecular flexibility index (Phi) is 2.37. The summed E-state index contributed by atoms with van der Waals surface area (Å²) in [5, 5.41) is 9.75. The highest BCUT2D eigenvalue weighted by Gasteiger charge is 2.02. The Bertz CT molecular complexity index is 395. The summed E-state index contributed by atoms with van der Waals surface area (Å²) in [6.07, 6.45) is 4.81. The lowest BCUT2D eigenvalue weighted by molar-refractivity contribution is 0.948. The van der Waals surface area contributed by atoms with Crippen molar-refractivity contribution < 1.29 is 0 Å². The fourth-order valence-corrected chi connectivity index (χ4v) is 1.08. The minimum absolute atomic E-state index is 0.410. The highest BCUT2D eigenvalue weighted by Crippen LogP contribution is 2.15. The molecule has 2 aromatic heterocycles. The van der Waals surface area contributed by atoms with E-state index in [4.69, 9.17) is 5.73 Å². The van der Waals surface area contributed by atoms with Crippen LogP contribution in [0.3, 0.4) is 0 Å². The van der Waals surface area contributed by atoms with E-state index in [0.29, 0.717) is 6.54 Å². The highest BCUT2D eigenvalue weighted by molar-refractivity contribution is 5.57. The Morgan fingerprint density at radius 2 is 2.43 bits per heavy atom. The zero-order chi connectivity index (χ0) is 9.80. The van der Waals surface area contributed by atoms with Gasteiger partial charge in [0.05, 0.1) is 17.6 Å². The maximum atomic E-state index is 5.50. The number of hydrogen-bond acceptors (Lipinski definition) is 5. The van der Waals surface area contributed by atoms with E-state index in [2.05, 4.69) is 25.5 Å². The molecule has 4 N–H and O–H groups in total. The van der Waals surface area contributed by atoms with Gasteiger partial charge >= 0.3 is 0 Å². The molecule has 6 nitrogen and oxygen atoms in total. The molecule has 0 aliphatic carbocycles. The number of aromatic nitrogens is 4. The Hall–Kier alpha value is -1.95. The van der Waals surface area contributed by atoms with Crippen molar-refractivity contribution in [3.05, 3.63) is 30.5 Å². The Balaban J connectivity index is 2.19. The maximum absolute atomic E-state index is 5.50. The van der Waals surface area contributed by atoms with Gasteiger partial charge in [0.2, 0.25) is 0 Å². The fraction of sp³-hybridized carbons (Fsp3) is 0.125. The summed E-state index contributed by atoms with van der Waals surface area (Å²) in [4.78, 5) is 7.84. The van der Waals surface area contributed by atoms with Crippen LogP contribution in [-0.4, -0.2) is 20.2 Å². The van der Waals surface area contributed by atoms with Gasteiger partial charge in [-0.25, -0.2) is 9.97 Å². The molecule has 0 unspecified atom stereocenters. The van der Waals surface area contributed by atoms with Crippen LogP contribution in [0.1, 0.15) is 5.69 Å². The van der Waals surface area contributed by atoms with Crippen molar-refractivity contribution in [3.8, 4) is 0 Å². The van der Waals surface area contributed by atoms with Gasteiger partial charge in [-0.15, -0.1) is 0 Å². The van der Waals surface area contributed by atoms with Gasteiger partial charge in [0.25, 0.3) is 0 Å². The summed E-state index contributed by atoms with van der Waals surface area (Å²) < 4.78 is 0. The molecule has 0 saturated carbocycles. The second-order valence-electron chi connectivity index (χ2n) is 2.69. The molecule has 14 heavy (non-hydrogen) atoms. The first-order chi connectivity index (χ1) is 6.90. The first-order valence-corrected chi connectivity index (χ1v) is 4.15. The lowest BCUT2D eigenvalue weighted by Crippen LogP contribution is -2.01. The van der Waals surface area contributed by atoms with Crippen molar-refractivity contribution in [2.75, 3.05) is 5.32 Å². The van der Waals surface area contributed by atoms with Crippen molar-refractivity contribution in [3.63, 3.8) is 0 Å². The molecular weight excluding hydrogens is 180 g/mol. The van der Waals surface area contributed by atoms with E-state index >= 15 is 0 Å². The number of nitrogens with one attached hydrogen (secondary N) is 2. The lowest BCUT2D eigenvalue weighted by atomic mass is 10.3. The second kappa shape index (κ2) is 3.84. The molecule has 0 aliphatic heterocycles. The summed E-state index contributed by atoms with van der Waals surface area (Å²) in [6.45, 7) is 0.410. The molecule has 72 valence electrons. The van der Waals surface area contributed by atoms with Crippen molar-refractivity contribution in [1.29, 1.82) is 0 Å². The first-order valence-electron chi connectivity index (χ1n) is 4.15. The summed E-state index contributed by atoms with van der Waals surface area (Å²) in [5.41, 5.74) is 7.19. The summed E-state index contributed by atoms with van der Waals surface area (Å²) in [6, 6.07) is 1.77. The van der Waals surface area contributed by atoms with Gasteiger partial charge < -0.3 is 11.1 Å². The molecular formula is C8H10N6. The molecule has 0 amide bonds. The van der Waals surface area contributed by atoms with Gasteiger partial charge in [-0.1, -0.05) is 0 Å². The van der Waals surface area contributed by atoms with Gasteiger partial charge in [-0.2, -0.15) is 5.10 Å². The van der Waals surface area contributed by atoms with Crippen LogP contribution in [0, 0.1) is 0 Å². The molecule has 2 aromatic rings. The van der Waals surface area contributed by atoms with E-state index in [1.165, 1.54) is 6.33 Å². The average molecular weight is 190 g/mol. The van der Waals surface area contributed by atoms with Crippen LogP contribution in [0.4, 0.5) is 11.5 Å². The number of H-pyrrole nitrogens is 1. The zero-order valence-electron chi connectivity index (χ0n) is 7.44. The van der Waals surface area contributed by atoms with E-state index in [9.17, 15) is 0 Å². The van der Waals surface area contributed by atoms with Gasteiger partial charge in [0.15, 0.2) is 0 Å². The third-order valence-corrected chi connectivity index (χ3v) is 1.77. The Morgan fingerprint density at radius 1 is 1.50 bits per heavy atom. The maximum Gasteiger partial charge on any atom is 0.133 e. The molecule has 2 heterocycles. The third kappa shape index (κ3) is 1.69. The summed E-state index contributed by atoms with van der Waals surface area (Å²) in [5.74, 6) is 0.719. The minimum atomic E-state index is 0.410. The molecule has 0 spiro atoms. The smallest absolute Gasteiger partial charge is 0.133 e. The number of anilines is 2. The molecule has 0 aliphatic rings. The Labute approximate surface area is 80.6 Å². The van der Waals surface area contributed by atoms with Crippen LogP contribution in [-0.2, 0) is 6.54 Å². The van der Waals surface area contributed by atoms with Crippen molar-refractivity contribution >= 4 is 11.5 Å². The number of aromatic amines is 1. The molecule has 0 bridgehead atoms.